The Kier molecular flexibility index (Phi) is 4.42. The zero-order valence-electron chi connectivity index (χ0n) is 15.5. The average Bonchev–Trinajstić information content (AvgIpc) is 3.18. The van der Waals surface area contributed by atoms with E-state index in [2.05, 4.69) is 20.3 Å². The molecule has 2 fully saturated rings. The lowest BCUT2D eigenvalue weighted by atomic mass is 10.1. The maximum Gasteiger partial charge on any atom is 0.257 e. The number of rotatable bonds is 2. The summed E-state index contributed by atoms with van der Waals surface area (Å²) in [7, 11) is 0. The fourth-order valence-corrected chi connectivity index (χ4v) is 4.09. The van der Waals surface area contributed by atoms with Gasteiger partial charge >= 0.3 is 0 Å². The van der Waals surface area contributed by atoms with Crippen LogP contribution in [0.15, 0.2) is 21.7 Å². The summed E-state index contributed by atoms with van der Waals surface area (Å²) in [6, 6.07) is 3.70. The number of morpholine rings is 2. The van der Waals surface area contributed by atoms with E-state index in [9.17, 15) is 9.59 Å². The van der Waals surface area contributed by atoms with Crippen LogP contribution in [0.25, 0.3) is 10.8 Å². The van der Waals surface area contributed by atoms with Crippen LogP contribution >= 0.6 is 0 Å². The lowest BCUT2D eigenvalue weighted by molar-refractivity contribution is 0.121. The SMILES string of the molecule is O=c1[nH]c2c(c(=O)c3c(N4CCOCC4)c(N4CCOCC4)ccc13)CON2. The molecule has 5 rings (SSSR count). The molecule has 2 N–H and O–H groups in total. The predicted molar refractivity (Wildman–Crippen MR) is 105 cm³/mol. The molecular weight excluding hydrogens is 364 g/mol. The number of nitrogens with one attached hydrogen (secondary N) is 2. The molecule has 3 aliphatic rings. The molecule has 0 atom stereocenters. The van der Waals surface area contributed by atoms with Gasteiger partial charge in [-0.25, -0.2) is 5.48 Å². The van der Waals surface area contributed by atoms with Gasteiger partial charge in [-0.3, -0.25) is 14.4 Å². The second kappa shape index (κ2) is 7.08. The van der Waals surface area contributed by atoms with Gasteiger partial charge in [0.2, 0.25) is 0 Å². The van der Waals surface area contributed by atoms with E-state index in [1.807, 2.05) is 6.07 Å². The molecule has 0 unspecified atom stereocenters. The predicted octanol–water partition coefficient (Wildman–Crippen LogP) is 0.419. The van der Waals surface area contributed by atoms with Crippen LogP contribution in [0.3, 0.4) is 0 Å². The molecular formula is C19H22N4O5. The van der Waals surface area contributed by atoms with Crippen LogP contribution in [0.1, 0.15) is 5.56 Å². The normalized spacial score (nSPS) is 19.6. The number of hydrogen-bond acceptors (Lipinski definition) is 8. The van der Waals surface area contributed by atoms with Crippen LogP contribution in [0.5, 0.6) is 0 Å². The van der Waals surface area contributed by atoms with E-state index >= 15 is 0 Å². The van der Waals surface area contributed by atoms with Gasteiger partial charge in [0.25, 0.3) is 5.56 Å². The fourth-order valence-electron chi connectivity index (χ4n) is 4.09. The van der Waals surface area contributed by atoms with Gasteiger partial charge in [-0.05, 0) is 12.1 Å². The monoisotopic (exact) mass is 386 g/mol. The number of fused-ring (bicyclic) bond motifs is 2. The highest BCUT2D eigenvalue weighted by Gasteiger charge is 2.26. The second-order valence-electron chi connectivity index (χ2n) is 7.08. The Morgan fingerprint density at radius 2 is 1.57 bits per heavy atom. The van der Waals surface area contributed by atoms with E-state index in [0.29, 0.717) is 61.7 Å². The maximum absolute atomic E-state index is 13.5. The zero-order valence-corrected chi connectivity index (χ0v) is 15.5. The highest BCUT2D eigenvalue weighted by molar-refractivity contribution is 6.01. The molecule has 0 radical (unpaired) electrons. The van der Waals surface area contributed by atoms with Crippen molar-refractivity contribution >= 4 is 28.0 Å². The van der Waals surface area contributed by atoms with Gasteiger partial charge in [0.05, 0.1) is 54.1 Å². The van der Waals surface area contributed by atoms with E-state index in [0.717, 1.165) is 24.5 Å². The summed E-state index contributed by atoms with van der Waals surface area (Å²) in [6.45, 7) is 5.41. The molecule has 3 aliphatic heterocycles. The van der Waals surface area contributed by atoms with Crippen molar-refractivity contribution in [3.05, 3.63) is 38.3 Å². The van der Waals surface area contributed by atoms with Crippen LogP contribution in [0.4, 0.5) is 17.2 Å². The molecule has 0 aliphatic carbocycles. The molecule has 0 spiro atoms. The standard InChI is InChI=1S/C19H22N4O5/c24-17-13-11-28-21-18(13)20-19(25)12-1-2-14(22-3-7-26-8-4-22)16(15(12)17)23-5-9-27-10-6-23/h1-2,21H,3-11H2,(H,20,25). The molecule has 4 heterocycles. The summed E-state index contributed by atoms with van der Waals surface area (Å²) in [5.41, 5.74) is 4.36. The molecule has 0 amide bonds. The number of benzene rings is 1. The topological polar surface area (TPSA) is 96.1 Å². The summed E-state index contributed by atoms with van der Waals surface area (Å²) < 4.78 is 11.0. The molecule has 9 heteroatoms. The minimum Gasteiger partial charge on any atom is -0.378 e. The minimum absolute atomic E-state index is 0.123. The van der Waals surface area contributed by atoms with Crippen molar-refractivity contribution in [1.82, 2.24) is 4.98 Å². The van der Waals surface area contributed by atoms with Gasteiger partial charge in [-0.2, -0.15) is 0 Å². The van der Waals surface area contributed by atoms with Gasteiger partial charge in [-0.15, -0.1) is 0 Å². The Morgan fingerprint density at radius 3 is 2.29 bits per heavy atom. The first-order valence-electron chi connectivity index (χ1n) is 9.53. The number of aromatic amines is 1. The molecule has 148 valence electrons. The van der Waals surface area contributed by atoms with Gasteiger partial charge in [0.15, 0.2) is 5.43 Å². The highest BCUT2D eigenvalue weighted by Crippen LogP contribution is 2.36. The molecule has 9 nitrogen and oxygen atoms in total. The molecule has 2 saturated heterocycles. The number of aromatic nitrogens is 1. The number of ether oxygens (including phenoxy) is 2. The Balaban J connectivity index is 1.83. The molecule has 2 aromatic rings. The third kappa shape index (κ3) is 2.83. The lowest BCUT2D eigenvalue weighted by Gasteiger charge is -2.36. The van der Waals surface area contributed by atoms with Crippen molar-refractivity contribution < 1.29 is 14.3 Å². The highest BCUT2D eigenvalue weighted by atomic mass is 16.7. The quantitative estimate of drug-likeness (QED) is 0.767. The van der Waals surface area contributed by atoms with Crippen molar-refractivity contribution in [2.45, 2.75) is 6.61 Å². The van der Waals surface area contributed by atoms with E-state index in [1.54, 1.807) is 6.07 Å². The van der Waals surface area contributed by atoms with Crippen LogP contribution in [-0.4, -0.2) is 57.6 Å². The number of H-pyrrole nitrogens is 1. The van der Waals surface area contributed by atoms with E-state index in [-0.39, 0.29) is 17.6 Å². The van der Waals surface area contributed by atoms with Crippen molar-refractivity contribution in [3.8, 4) is 0 Å². The average molecular weight is 386 g/mol. The first-order chi connectivity index (χ1) is 13.7. The Hall–Kier alpha value is -2.62. The van der Waals surface area contributed by atoms with Gasteiger partial charge in [-0.1, -0.05) is 0 Å². The lowest BCUT2D eigenvalue weighted by Crippen LogP contribution is -2.41. The van der Waals surface area contributed by atoms with E-state index < -0.39 is 0 Å². The van der Waals surface area contributed by atoms with Gasteiger partial charge in [0.1, 0.15) is 12.4 Å². The van der Waals surface area contributed by atoms with Crippen molar-refractivity contribution in [3.63, 3.8) is 0 Å². The fraction of sp³-hybridized carbons (Fsp3) is 0.474. The van der Waals surface area contributed by atoms with Gasteiger partial charge in [0, 0.05) is 26.2 Å². The third-order valence-electron chi connectivity index (χ3n) is 5.51. The number of anilines is 3. The van der Waals surface area contributed by atoms with Crippen molar-refractivity contribution in [1.29, 1.82) is 0 Å². The Bertz CT molecular complexity index is 1030. The van der Waals surface area contributed by atoms with E-state index in [1.165, 1.54) is 0 Å². The first kappa shape index (κ1) is 17.5. The van der Waals surface area contributed by atoms with Crippen molar-refractivity contribution in [2.24, 2.45) is 0 Å². The number of hydrogen-bond donors (Lipinski definition) is 2. The van der Waals surface area contributed by atoms with Crippen LogP contribution < -0.4 is 26.3 Å². The molecule has 0 saturated carbocycles. The molecule has 1 aromatic carbocycles. The maximum atomic E-state index is 13.5. The largest absolute Gasteiger partial charge is 0.378 e. The summed E-state index contributed by atoms with van der Waals surface area (Å²) >= 11 is 0. The second-order valence-corrected chi connectivity index (χ2v) is 7.08. The zero-order chi connectivity index (χ0) is 19.1. The Labute approximate surface area is 160 Å². The van der Waals surface area contributed by atoms with Crippen molar-refractivity contribution in [2.75, 3.05) is 67.9 Å². The van der Waals surface area contributed by atoms with Crippen LogP contribution in [-0.2, 0) is 20.9 Å². The van der Waals surface area contributed by atoms with Crippen LogP contribution in [0, 0.1) is 0 Å². The molecule has 28 heavy (non-hydrogen) atoms. The summed E-state index contributed by atoms with van der Waals surface area (Å²) in [4.78, 5) is 38.7. The Morgan fingerprint density at radius 1 is 0.893 bits per heavy atom. The van der Waals surface area contributed by atoms with Crippen LogP contribution in [0.2, 0.25) is 0 Å². The smallest absolute Gasteiger partial charge is 0.257 e. The molecule has 1 aromatic heterocycles. The summed E-state index contributed by atoms with van der Waals surface area (Å²) in [5.74, 6) is 0.340. The molecule has 0 bridgehead atoms. The summed E-state index contributed by atoms with van der Waals surface area (Å²) in [5, 5.41) is 0.834. The minimum atomic E-state index is -0.311. The first-order valence-corrected chi connectivity index (χ1v) is 9.53. The number of nitrogens with zero attached hydrogens (tertiary/aromatic N) is 2. The van der Waals surface area contributed by atoms with E-state index in [4.69, 9.17) is 14.3 Å². The summed E-state index contributed by atoms with van der Waals surface area (Å²) in [6.07, 6.45) is 0. The van der Waals surface area contributed by atoms with Gasteiger partial charge < -0.3 is 24.3 Å². The third-order valence-corrected chi connectivity index (χ3v) is 5.51.